The zero-order valence-corrected chi connectivity index (χ0v) is 15.4. The molecule has 1 fully saturated rings. The van der Waals surface area contributed by atoms with Gasteiger partial charge in [0.15, 0.2) is 0 Å². The van der Waals surface area contributed by atoms with Crippen LogP contribution in [0.25, 0.3) is 0 Å². The van der Waals surface area contributed by atoms with E-state index in [0.717, 1.165) is 43.4 Å². The van der Waals surface area contributed by atoms with Gasteiger partial charge in [-0.1, -0.05) is 13.0 Å². The molecule has 1 unspecified atom stereocenters. The Morgan fingerprint density at radius 1 is 1.27 bits per heavy atom. The summed E-state index contributed by atoms with van der Waals surface area (Å²) in [6, 6.07) is 5.84. The van der Waals surface area contributed by atoms with E-state index in [1.165, 1.54) is 6.33 Å². The third-order valence-electron chi connectivity index (χ3n) is 5.02. The molecule has 2 heterocycles. The second-order valence-electron chi connectivity index (χ2n) is 6.71. The summed E-state index contributed by atoms with van der Waals surface area (Å²) in [6.07, 6.45) is 5.43. The maximum Gasteiger partial charge on any atom is 0.373 e. The number of benzene rings is 1. The maximum atomic E-state index is 11.8. The van der Waals surface area contributed by atoms with E-state index in [9.17, 15) is 10.1 Å². The summed E-state index contributed by atoms with van der Waals surface area (Å²) >= 11 is 0. The van der Waals surface area contributed by atoms with Crippen LogP contribution < -0.4 is 9.64 Å². The third-order valence-corrected chi connectivity index (χ3v) is 5.02. The number of aromatic nitrogens is 2. The minimum Gasteiger partial charge on any atom is -0.434 e. The summed E-state index contributed by atoms with van der Waals surface area (Å²) < 4.78 is 5.79. The topological polar surface area (TPSA) is 81.4 Å². The van der Waals surface area contributed by atoms with Gasteiger partial charge in [-0.15, -0.1) is 0 Å². The summed E-state index contributed by atoms with van der Waals surface area (Å²) in [6.45, 7) is 6.84. The Kier molecular flexibility index (Phi) is 5.35. The molecule has 3 rings (SSSR count). The Morgan fingerprint density at radius 3 is 2.77 bits per heavy atom. The number of piperidine rings is 1. The Balaban J connectivity index is 2.00. The number of ether oxygens (including phenoxy) is 1. The van der Waals surface area contributed by atoms with Gasteiger partial charge in [-0.2, -0.15) is 4.98 Å². The first-order chi connectivity index (χ1) is 12.5. The first kappa shape index (κ1) is 18.1. The van der Waals surface area contributed by atoms with Gasteiger partial charge in [0.05, 0.1) is 4.92 Å². The van der Waals surface area contributed by atoms with Crippen LogP contribution in [-0.2, 0) is 0 Å². The molecule has 0 saturated carbocycles. The fraction of sp³-hybridized carbons (Fsp3) is 0.474. The van der Waals surface area contributed by atoms with Crippen LogP contribution in [0.2, 0.25) is 0 Å². The Hall–Kier alpha value is -2.70. The number of anilines is 1. The fourth-order valence-corrected chi connectivity index (χ4v) is 3.39. The highest BCUT2D eigenvalue weighted by atomic mass is 16.6. The van der Waals surface area contributed by atoms with Crippen LogP contribution in [0.5, 0.6) is 11.6 Å². The van der Waals surface area contributed by atoms with Gasteiger partial charge in [0.2, 0.25) is 5.82 Å². The van der Waals surface area contributed by atoms with Crippen molar-refractivity contribution in [1.29, 1.82) is 0 Å². The standard InChI is InChI=1S/C19H24N4O3/c1-4-15-7-5-6-10-22(15)18-17(23(24)25)19(21-12-20-18)26-16-9-8-13(2)14(3)11-16/h8-9,11-12,15H,4-7,10H2,1-3H3. The van der Waals surface area contributed by atoms with E-state index in [4.69, 9.17) is 4.74 Å². The molecule has 1 aliphatic heterocycles. The molecule has 1 atom stereocenters. The van der Waals surface area contributed by atoms with Gasteiger partial charge in [-0.05, 0) is 62.8 Å². The summed E-state index contributed by atoms with van der Waals surface area (Å²) in [5.41, 5.74) is 2.03. The highest BCUT2D eigenvalue weighted by Crippen LogP contribution is 2.38. The van der Waals surface area contributed by atoms with Gasteiger partial charge in [0.25, 0.3) is 0 Å². The number of hydrogen-bond acceptors (Lipinski definition) is 6. The molecule has 0 bridgehead atoms. The molecule has 26 heavy (non-hydrogen) atoms. The van der Waals surface area contributed by atoms with Gasteiger partial charge in [-0.3, -0.25) is 10.1 Å². The van der Waals surface area contributed by atoms with Crippen molar-refractivity contribution in [1.82, 2.24) is 9.97 Å². The summed E-state index contributed by atoms with van der Waals surface area (Å²) in [7, 11) is 0. The van der Waals surface area contributed by atoms with Crippen LogP contribution in [0, 0.1) is 24.0 Å². The second kappa shape index (κ2) is 7.68. The molecule has 0 spiro atoms. The molecule has 7 nitrogen and oxygen atoms in total. The molecule has 0 radical (unpaired) electrons. The lowest BCUT2D eigenvalue weighted by Gasteiger charge is -2.35. The van der Waals surface area contributed by atoms with Gasteiger partial charge in [0.1, 0.15) is 12.1 Å². The maximum absolute atomic E-state index is 11.8. The van der Waals surface area contributed by atoms with Crippen molar-refractivity contribution in [2.75, 3.05) is 11.4 Å². The number of nitro groups is 1. The van der Waals surface area contributed by atoms with E-state index < -0.39 is 4.92 Å². The number of hydrogen-bond donors (Lipinski definition) is 0. The van der Waals surface area contributed by atoms with E-state index in [1.54, 1.807) is 6.07 Å². The van der Waals surface area contributed by atoms with Crippen LogP contribution in [0.15, 0.2) is 24.5 Å². The van der Waals surface area contributed by atoms with Crippen molar-refractivity contribution in [2.24, 2.45) is 0 Å². The predicted molar refractivity (Wildman–Crippen MR) is 100.0 cm³/mol. The third kappa shape index (κ3) is 3.61. The van der Waals surface area contributed by atoms with Crippen molar-refractivity contribution >= 4 is 11.5 Å². The summed E-state index contributed by atoms with van der Waals surface area (Å²) in [5, 5.41) is 11.8. The summed E-state index contributed by atoms with van der Waals surface area (Å²) in [4.78, 5) is 21.7. The average Bonchev–Trinajstić information content (AvgIpc) is 2.64. The number of aryl methyl sites for hydroxylation is 2. The predicted octanol–water partition coefficient (Wildman–Crippen LogP) is 4.56. The molecule has 1 saturated heterocycles. The Morgan fingerprint density at radius 2 is 2.08 bits per heavy atom. The van der Waals surface area contributed by atoms with Crippen LogP contribution in [-0.4, -0.2) is 27.5 Å². The summed E-state index contributed by atoms with van der Waals surface area (Å²) in [5.74, 6) is 0.880. The molecular weight excluding hydrogens is 332 g/mol. The highest BCUT2D eigenvalue weighted by Gasteiger charge is 2.32. The number of nitrogens with zero attached hydrogens (tertiary/aromatic N) is 4. The van der Waals surface area contributed by atoms with Crippen LogP contribution in [0.4, 0.5) is 11.5 Å². The lowest BCUT2D eigenvalue weighted by atomic mass is 10.00. The molecule has 2 aromatic rings. The molecule has 7 heteroatoms. The second-order valence-corrected chi connectivity index (χ2v) is 6.71. The fourth-order valence-electron chi connectivity index (χ4n) is 3.39. The monoisotopic (exact) mass is 356 g/mol. The zero-order valence-electron chi connectivity index (χ0n) is 15.4. The number of rotatable bonds is 5. The first-order valence-electron chi connectivity index (χ1n) is 9.02. The highest BCUT2D eigenvalue weighted by molar-refractivity contribution is 5.64. The van der Waals surface area contributed by atoms with E-state index in [-0.39, 0.29) is 17.6 Å². The molecule has 0 N–H and O–H groups in total. The van der Waals surface area contributed by atoms with Crippen molar-refractivity contribution in [3.63, 3.8) is 0 Å². The molecule has 1 aromatic carbocycles. The molecule has 1 aliphatic rings. The van der Waals surface area contributed by atoms with Gasteiger partial charge in [-0.25, -0.2) is 4.98 Å². The largest absolute Gasteiger partial charge is 0.434 e. The minimum atomic E-state index is -0.437. The lowest BCUT2D eigenvalue weighted by Crippen LogP contribution is -2.40. The van der Waals surface area contributed by atoms with Gasteiger partial charge >= 0.3 is 11.6 Å². The lowest BCUT2D eigenvalue weighted by molar-refractivity contribution is -0.385. The van der Waals surface area contributed by atoms with Crippen LogP contribution in [0.3, 0.4) is 0 Å². The molecule has 138 valence electrons. The van der Waals surface area contributed by atoms with E-state index in [2.05, 4.69) is 16.9 Å². The Labute approximate surface area is 153 Å². The zero-order chi connectivity index (χ0) is 18.7. The van der Waals surface area contributed by atoms with E-state index >= 15 is 0 Å². The Bertz CT molecular complexity index is 809. The molecule has 1 aromatic heterocycles. The normalized spacial score (nSPS) is 17.2. The quantitative estimate of drug-likeness (QED) is 0.577. The molecule has 0 aliphatic carbocycles. The molecule has 0 amide bonds. The molecular formula is C19H24N4O3. The van der Waals surface area contributed by atoms with Crippen LogP contribution >= 0.6 is 0 Å². The van der Waals surface area contributed by atoms with Gasteiger partial charge < -0.3 is 9.64 Å². The van der Waals surface area contributed by atoms with Crippen molar-refractivity contribution in [2.45, 2.75) is 52.5 Å². The van der Waals surface area contributed by atoms with Crippen molar-refractivity contribution in [3.05, 3.63) is 45.8 Å². The van der Waals surface area contributed by atoms with Gasteiger partial charge in [0, 0.05) is 12.6 Å². The van der Waals surface area contributed by atoms with E-state index in [1.807, 2.05) is 30.9 Å². The minimum absolute atomic E-state index is 0.0105. The van der Waals surface area contributed by atoms with Crippen molar-refractivity contribution in [3.8, 4) is 11.6 Å². The SMILES string of the molecule is CCC1CCCCN1c1ncnc(Oc2ccc(C)c(C)c2)c1[N+](=O)[O-]. The first-order valence-corrected chi connectivity index (χ1v) is 9.02. The average molecular weight is 356 g/mol. The van der Waals surface area contributed by atoms with Crippen LogP contribution in [0.1, 0.15) is 43.7 Å². The van der Waals surface area contributed by atoms with E-state index in [0.29, 0.717) is 11.6 Å². The van der Waals surface area contributed by atoms with Crippen molar-refractivity contribution < 1.29 is 9.66 Å². The smallest absolute Gasteiger partial charge is 0.373 e.